The molecule has 118 valence electrons. The van der Waals surface area contributed by atoms with Crippen molar-refractivity contribution in [3.63, 3.8) is 0 Å². The summed E-state index contributed by atoms with van der Waals surface area (Å²) < 4.78 is 5.96. The average molecular weight is 320 g/mol. The zero-order valence-corrected chi connectivity index (χ0v) is 13.6. The number of ether oxygens (including phenoxy) is 1. The lowest BCUT2D eigenvalue weighted by Crippen LogP contribution is -2.25. The van der Waals surface area contributed by atoms with E-state index in [1.54, 1.807) is 0 Å². The van der Waals surface area contributed by atoms with Gasteiger partial charge in [-0.2, -0.15) is 0 Å². The molecule has 2 N–H and O–H groups in total. The second kappa shape index (κ2) is 6.82. The normalized spacial score (nSPS) is 17.0. The summed E-state index contributed by atoms with van der Waals surface area (Å²) in [5.74, 6) is 0.592. The summed E-state index contributed by atoms with van der Waals surface area (Å²) in [6.07, 6.45) is 2.57. The van der Waals surface area contributed by atoms with E-state index in [9.17, 15) is 0 Å². The van der Waals surface area contributed by atoms with Crippen molar-refractivity contribution in [2.45, 2.75) is 25.8 Å². The minimum atomic E-state index is -0.135. The van der Waals surface area contributed by atoms with Gasteiger partial charge in [0.1, 0.15) is 6.61 Å². The van der Waals surface area contributed by atoms with Crippen LogP contribution in [0.5, 0.6) is 5.88 Å². The molecule has 0 saturated carbocycles. The highest BCUT2D eigenvalue weighted by Crippen LogP contribution is 2.32. The Balaban J connectivity index is 1.85. The summed E-state index contributed by atoms with van der Waals surface area (Å²) >= 11 is 6.34. The van der Waals surface area contributed by atoms with E-state index in [0.717, 1.165) is 36.1 Å². The molecule has 2 aromatic rings. The summed E-state index contributed by atoms with van der Waals surface area (Å²) in [6, 6.07) is 7.67. The van der Waals surface area contributed by atoms with Gasteiger partial charge in [-0.15, -0.1) is 0 Å². The average Bonchev–Trinajstić information content (AvgIpc) is 3.00. The van der Waals surface area contributed by atoms with Crippen LogP contribution in [0.2, 0.25) is 5.02 Å². The molecule has 1 aromatic heterocycles. The van der Waals surface area contributed by atoms with Gasteiger partial charge in [-0.05, 0) is 50.4 Å². The van der Waals surface area contributed by atoms with Gasteiger partial charge in [0.15, 0.2) is 0 Å². The van der Waals surface area contributed by atoms with Crippen LogP contribution >= 0.6 is 11.6 Å². The van der Waals surface area contributed by atoms with Gasteiger partial charge >= 0.3 is 0 Å². The molecule has 1 saturated heterocycles. The van der Waals surface area contributed by atoms with Crippen molar-refractivity contribution < 1.29 is 4.74 Å². The van der Waals surface area contributed by atoms with E-state index in [0.29, 0.717) is 17.5 Å². The molecule has 1 aliphatic heterocycles. The summed E-state index contributed by atoms with van der Waals surface area (Å²) in [7, 11) is 0. The zero-order valence-electron chi connectivity index (χ0n) is 12.9. The lowest BCUT2D eigenvalue weighted by molar-refractivity contribution is 0.233. The number of hydrogen-bond acceptors (Lipinski definition) is 4. The Morgan fingerprint density at radius 1 is 1.36 bits per heavy atom. The van der Waals surface area contributed by atoms with E-state index in [1.165, 1.54) is 12.8 Å². The Morgan fingerprint density at radius 3 is 2.86 bits per heavy atom. The van der Waals surface area contributed by atoms with Crippen molar-refractivity contribution in [3.05, 3.63) is 35.0 Å². The molecule has 0 bridgehead atoms. The van der Waals surface area contributed by atoms with Crippen LogP contribution in [0.4, 0.5) is 0 Å². The van der Waals surface area contributed by atoms with Crippen molar-refractivity contribution in [2.75, 3.05) is 26.2 Å². The molecule has 4 nitrogen and oxygen atoms in total. The van der Waals surface area contributed by atoms with E-state index >= 15 is 0 Å². The first-order valence-electron chi connectivity index (χ1n) is 7.85. The van der Waals surface area contributed by atoms with E-state index in [1.807, 2.05) is 31.2 Å². The molecule has 0 aliphatic carbocycles. The molecular weight excluding hydrogens is 298 g/mol. The molecule has 1 aliphatic rings. The molecule has 0 amide bonds. The van der Waals surface area contributed by atoms with Gasteiger partial charge in [0, 0.05) is 12.6 Å². The number of benzene rings is 1. The summed E-state index contributed by atoms with van der Waals surface area (Å²) in [6.45, 7) is 5.80. The van der Waals surface area contributed by atoms with E-state index in [4.69, 9.17) is 22.1 Å². The summed E-state index contributed by atoms with van der Waals surface area (Å²) in [4.78, 5) is 6.99. The van der Waals surface area contributed by atoms with Crippen LogP contribution < -0.4 is 10.5 Å². The number of halogens is 1. The number of rotatable bonds is 5. The maximum atomic E-state index is 6.34. The summed E-state index contributed by atoms with van der Waals surface area (Å²) in [5, 5.41) is 2.55. The lowest BCUT2D eigenvalue weighted by atomic mass is 10.1. The monoisotopic (exact) mass is 319 g/mol. The van der Waals surface area contributed by atoms with Crippen molar-refractivity contribution in [1.29, 1.82) is 0 Å². The number of nitrogens with zero attached hydrogens (tertiary/aromatic N) is 2. The molecule has 0 radical (unpaired) electrons. The molecule has 3 rings (SSSR count). The Morgan fingerprint density at radius 2 is 2.14 bits per heavy atom. The predicted molar refractivity (Wildman–Crippen MR) is 90.5 cm³/mol. The van der Waals surface area contributed by atoms with Crippen molar-refractivity contribution in [1.82, 2.24) is 9.88 Å². The molecule has 1 unspecified atom stereocenters. The molecule has 5 heteroatoms. The van der Waals surface area contributed by atoms with E-state index in [-0.39, 0.29) is 6.04 Å². The Labute approximate surface area is 136 Å². The largest absolute Gasteiger partial charge is 0.476 e. The maximum Gasteiger partial charge on any atom is 0.223 e. The van der Waals surface area contributed by atoms with Gasteiger partial charge < -0.3 is 10.5 Å². The number of aromatic nitrogens is 1. The van der Waals surface area contributed by atoms with Gasteiger partial charge in [-0.25, -0.2) is 4.98 Å². The Hall–Kier alpha value is -1.36. The second-order valence-corrected chi connectivity index (χ2v) is 6.28. The van der Waals surface area contributed by atoms with Gasteiger partial charge in [0.2, 0.25) is 5.88 Å². The number of hydrogen-bond donors (Lipinski definition) is 1. The van der Waals surface area contributed by atoms with Crippen molar-refractivity contribution in [3.8, 4) is 5.88 Å². The minimum absolute atomic E-state index is 0.135. The van der Waals surface area contributed by atoms with Gasteiger partial charge in [0.25, 0.3) is 0 Å². The number of likely N-dealkylation sites (tertiary alicyclic amines) is 1. The third kappa shape index (κ3) is 3.35. The third-order valence-electron chi connectivity index (χ3n) is 4.11. The second-order valence-electron chi connectivity index (χ2n) is 5.88. The van der Waals surface area contributed by atoms with Gasteiger partial charge in [0.05, 0.1) is 16.1 Å². The molecule has 1 aromatic carbocycles. The fourth-order valence-electron chi connectivity index (χ4n) is 2.87. The first-order valence-corrected chi connectivity index (χ1v) is 8.23. The molecule has 22 heavy (non-hydrogen) atoms. The molecule has 0 spiro atoms. The van der Waals surface area contributed by atoms with Crippen LogP contribution in [0.15, 0.2) is 24.3 Å². The van der Waals surface area contributed by atoms with E-state index < -0.39 is 0 Å². The first-order chi connectivity index (χ1) is 10.6. The maximum absolute atomic E-state index is 6.34. The lowest BCUT2D eigenvalue weighted by Gasteiger charge is -2.17. The topological polar surface area (TPSA) is 51.4 Å². The Bertz CT molecular complexity index is 654. The number of fused-ring (bicyclic) bond motifs is 1. The molecule has 1 fully saturated rings. The smallest absolute Gasteiger partial charge is 0.223 e. The Kier molecular flexibility index (Phi) is 4.81. The fraction of sp³-hybridized carbons (Fsp3) is 0.471. The minimum Gasteiger partial charge on any atom is -0.476 e. The summed E-state index contributed by atoms with van der Waals surface area (Å²) in [5.41, 5.74) is 6.81. The van der Waals surface area contributed by atoms with Gasteiger partial charge in [-0.1, -0.05) is 23.7 Å². The number of nitrogens with two attached hydrogens (primary N) is 1. The van der Waals surface area contributed by atoms with Crippen molar-refractivity contribution >= 4 is 22.4 Å². The third-order valence-corrected chi connectivity index (χ3v) is 4.42. The zero-order chi connectivity index (χ0) is 15.5. The van der Waals surface area contributed by atoms with Crippen LogP contribution in [-0.4, -0.2) is 36.1 Å². The molecular formula is C17H22ClN3O. The SMILES string of the molecule is CC(N)c1cc2cccc(Cl)c2c(OCCN2CCCC2)n1. The highest BCUT2D eigenvalue weighted by molar-refractivity contribution is 6.36. The number of pyridine rings is 1. The standard InChI is InChI=1S/C17H22ClN3O/c1-12(19)15-11-13-5-4-6-14(18)16(13)17(20-15)22-10-9-21-7-2-3-8-21/h4-6,11-12H,2-3,7-10,19H2,1H3. The molecule has 1 atom stereocenters. The van der Waals surface area contributed by atoms with Crippen LogP contribution in [-0.2, 0) is 0 Å². The highest BCUT2D eigenvalue weighted by Gasteiger charge is 2.14. The van der Waals surface area contributed by atoms with Crippen molar-refractivity contribution in [2.24, 2.45) is 5.73 Å². The fourth-order valence-corrected chi connectivity index (χ4v) is 3.13. The molecule has 2 heterocycles. The first kappa shape index (κ1) is 15.5. The van der Waals surface area contributed by atoms with Crippen LogP contribution in [0.1, 0.15) is 31.5 Å². The van der Waals surface area contributed by atoms with Crippen LogP contribution in [0, 0.1) is 0 Å². The quantitative estimate of drug-likeness (QED) is 0.918. The van der Waals surface area contributed by atoms with E-state index in [2.05, 4.69) is 9.88 Å². The predicted octanol–water partition coefficient (Wildman–Crippen LogP) is 3.38. The van der Waals surface area contributed by atoms with Gasteiger partial charge in [-0.3, -0.25) is 4.90 Å². The highest BCUT2D eigenvalue weighted by atomic mass is 35.5. The van der Waals surface area contributed by atoms with Crippen LogP contribution in [0.3, 0.4) is 0 Å². The van der Waals surface area contributed by atoms with Crippen LogP contribution in [0.25, 0.3) is 10.8 Å².